The van der Waals surface area contributed by atoms with Crippen LogP contribution in [0.3, 0.4) is 0 Å². The van der Waals surface area contributed by atoms with E-state index in [9.17, 15) is 13.6 Å². The number of fused-ring (bicyclic) bond motifs is 1. The Labute approximate surface area is 162 Å². The summed E-state index contributed by atoms with van der Waals surface area (Å²) in [5.74, 6) is -0.182. The van der Waals surface area contributed by atoms with Crippen molar-refractivity contribution >= 4 is 45.3 Å². The van der Waals surface area contributed by atoms with Crippen molar-refractivity contribution in [1.82, 2.24) is 9.88 Å². The third-order valence-corrected chi connectivity index (χ3v) is 5.11. The molecular weight excluding hydrogens is 467 g/mol. The van der Waals surface area contributed by atoms with Gasteiger partial charge in [-0.05, 0) is 18.6 Å². The molecule has 0 aromatic carbocycles. The summed E-state index contributed by atoms with van der Waals surface area (Å²) < 4.78 is 27.9. The molecule has 0 radical (unpaired) electrons. The predicted molar refractivity (Wildman–Crippen MR) is 97.5 cm³/mol. The van der Waals surface area contributed by atoms with Gasteiger partial charge < -0.3 is 9.64 Å². The number of alkyl halides is 3. The second-order valence-corrected chi connectivity index (χ2v) is 8.19. The van der Waals surface area contributed by atoms with Crippen LogP contribution in [0.5, 0.6) is 5.75 Å². The minimum absolute atomic E-state index is 0.0385. The average molecular weight is 482 g/mol. The molecular formula is C16H15ClF2IN3O2. The number of nitrogens with zero attached hydrogens (tertiary/aromatic N) is 2. The van der Waals surface area contributed by atoms with Gasteiger partial charge >= 0.3 is 3.93 Å². The maximum absolute atomic E-state index is 12.9. The Morgan fingerprint density at radius 3 is 2.84 bits per heavy atom. The first-order valence-electron chi connectivity index (χ1n) is 7.50. The molecule has 2 aliphatic rings. The van der Waals surface area contributed by atoms with Crippen LogP contribution >= 0.6 is 34.2 Å². The van der Waals surface area contributed by atoms with Gasteiger partial charge in [-0.2, -0.15) is 8.78 Å². The zero-order chi connectivity index (χ0) is 18.4. The molecule has 0 saturated carbocycles. The number of carbonyl (C=O) groups excluding carboxylic acids is 1. The van der Waals surface area contributed by atoms with Gasteiger partial charge in [-0.25, -0.2) is 0 Å². The fourth-order valence-corrected chi connectivity index (χ4v) is 3.47. The normalized spacial score (nSPS) is 24.9. The van der Waals surface area contributed by atoms with E-state index in [0.717, 1.165) is 22.6 Å². The van der Waals surface area contributed by atoms with Crippen LogP contribution < -0.4 is 4.74 Å². The molecule has 1 aliphatic carbocycles. The largest absolute Gasteiger partial charge is 0.485 e. The second-order valence-electron chi connectivity index (χ2n) is 6.23. The number of halogens is 4. The van der Waals surface area contributed by atoms with E-state index < -0.39 is 16.0 Å². The zero-order valence-corrected chi connectivity index (χ0v) is 16.1. The third-order valence-electron chi connectivity index (χ3n) is 4.44. The Kier molecular flexibility index (Phi) is 4.78. The van der Waals surface area contributed by atoms with E-state index in [4.69, 9.17) is 21.7 Å². The Hall–Kier alpha value is -1.29. The van der Waals surface area contributed by atoms with Gasteiger partial charge in [-0.3, -0.25) is 15.2 Å². The van der Waals surface area contributed by atoms with Crippen molar-refractivity contribution in [3.8, 4) is 5.75 Å². The van der Waals surface area contributed by atoms with Crippen molar-refractivity contribution in [3.05, 3.63) is 35.7 Å². The van der Waals surface area contributed by atoms with E-state index in [1.165, 1.54) is 6.20 Å². The standard InChI is InChI=1S/C16H15ClF2IN3O2/c1-9-4-10(22-5-12(9)25-8-16(18,19)20)6-23-7-15(14(17)21)3-2-11(15)13(23)24/h2-5,11,21H,6-8H2,1H3. The molecule has 25 heavy (non-hydrogen) atoms. The van der Waals surface area contributed by atoms with Crippen LogP contribution in [0.15, 0.2) is 24.4 Å². The number of rotatable bonds is 6. The molecule has 3 rings (SSSR count). The fourth-order valence-electron chi connectivity index (χ4n) is 3.08. The third kappa shape index (κ3) is 3.51. The molecule has 2 heterocycles. The number of ether oxygens (including phenoxy) is 1. The van der Waals surface area contributed by atoms with E-state index in [0.29, 0.717) is 17.8 Å². The lowest BCUT2D eigenvalue weighted by Gasteiger charge is -2.33. The predicted octanol–water partition coefficient (Wildman–Crippen LogP) is 3.53. The Morgan fingerprint density at radius 1 is 1.64 bits per heavy atom. The van der Waals surface area contributed by atoms with E-state index in [1.54, 1.807) is 30.0 Å². The van der Waals surface area contributed by atoms with Gasteiger partial charge in [0.05, 0.1) is 29.8 Å². The molecule has 1 amide bonds. The van der Waals surface area contributed by atoms with Crippen molar-refractivity contribution in [2.75, 3.05) is 13.2 Å². The summed E-state index contributed by atoms with van der Waals surface area (Å²) in [4.78, 5) is 18.2. The highest BCUT2D eigenvalue weighted by atomic mass is 127. The number of aromatic nitrogens is 1. The average Bonchev–Trinajstić information content (AvgIpc) is 2.65. The summed E-state index contributed by atoms with van der Waals surface area (Å²) in [6.07, 6.45) is 4.95. The maximum Gasteiger partial charge on any atom is 0.329 e. The second kappa shape index (κ2) is 6.46. The fraction of sp³-hybridized carbons (Fsp3) is 0.438. The summed E-state index contributed by atoms with van der Waals surface area (Å²) >= 11 is 6.90. The Bertz CT molecular complexity index is 768. The highest BCUT2D eigenvalue weighted by Crippen LogP contribution is 2.48. The van der Waals surface area contributed by atoms with Gasteiger partial charge in [0.25, 0.3) is 0 Å². The first-order valence-corrected chi connectivity index (χ1v) is 8.96. The lowest BCUT2D eigenvalue weighted by molar-refractivity contribution is -0.130. The van der Waals surface area contributed by atoms with Crippen LogP contribution in [-0.2, 0) is 11.3 Å². The van der Waals surface area contributed by atoms with Crippen LogP contribution in [0.4, 0.5) is 8.78 Å². The van der Waals surface area contributed by atoms with E-state index in [-0.39, 0.29) is 29.3 Å². The van der Waals surface area contributed by atoms with Crippen LogP contribution in [0.2, 0.25) is 0 Å². The molecule has 2 unspecified atom stereocenters. The van der Waals surface area contributed by atoms with Crippen LogP contribution in [0, 0.1) is 23.7 Å². The first-order chi connectivity index (χ1) is 11.6. The van der Waals surface area contributed by atoms with Crippen molar-refractivity contribution in [2.45, 2.75) is 17.4 Å². The summed E-state index contributed by atoms with van der Waals surface area (Å²) in [5.41, 5.74) is 0.581. The van der Waals surface area contributed by atoms with Crippen molar-refractivity contribution in [3.63, 3.8) is 0 Å². The highest BCUT2D eigenvalue weighted by Gasteiger charge is 2.56. The van der Waals surface area contributed by atoms with E-state index in [1.807, 2.05) is 0 Å². The first kappa shape index (κ1) is 18.5. The van der Waals surface area contributed by atoms with Gasteiger partial charge in [0.2, 0.25) is 5.91 Å². The number of likely N-dealkylation sites (tertiary alicyclic amines) is 1. The minimum atomic E-state index is -2.95. The molecule has 1 aromatic heterocycles. The topological polar surface area (TPSA) is 66.3 Å². The lowest BCUT2D eigenvalue weighted by atomic mass is 9.70. The maximum atomic E-state index is 12.9. The summed E-state index contributed by atoms with van der Waals surface area (Å²) in [7, 11) is 0. The monoisotopic (exact) mass is 481 g/mol. The van der Waals surface area contributed by atoms with Crippen LogP contribution in [0.1, 0.15) is 11.3 Å². The van der Waals surface area contributed by atoms with Gasteiger partial charge in [0.1, 0.15) is 10.9 Å². The molecule has 2 atom stereocenters. The van der Waals surface area contributed by atoms with Gasteiger partial charge in [-0.1, -0.05) is 23.8 Å². The molecule has 1 N–H and O–H groups in total. The molecule has 1 saturated heterocycles. The summed E-state index contributed by atoms with van der Waals surface area (Å²) in [5, 5.41) is 7.69. The quantitative estimate of drug-likeness (QED) is 0.293. The SMILES string of the molecule is Cc1cc(CN2CC3(C(=N)Cl)C=CC3C2=O)ncc1OCC(F)(F)I. The summed E-state index contributed by atoms with van der Waals surface area (Å²) in [6, 6.07) is 1.71. The van der Waals surface area contributed by atoms with Gasteiger partial charge in [-0.15, -0.1) is 0 Å². The number of nitrogens with one attached hydrogen (secondary N) is 1. The van der Waals surface area contributed by atoms with Gasteiger partial charge in [0, 0.05) is 29.1 Å². The molecule has 1 aromatic rings. The molecule has 1 fully saturated rings. The van der Waals surface area contributed by atoms with Crippen molar-refractivity contribution in [1.29, 1.82) is 5.41 Å². The number of hydrogen-bond acceptors (Lipinski definition) is 4. The van der Waals surface area contributed by atoms with Crippen molar-refractivity contribution < 1.29 is 18.3 Å². The number of carbonyl (C=O) groups is 1. The van der Waals surface area contributed by atoms with Gasteiger partial charge in [0.15, 0.2) is 6.61 Å². The molecule has 9 heteroatoms. The molecule has 0 spiro atoms. The molecule has 134 valence electrons. The molecule has 0 bridgehead atoms. The highest BCUT2D eigenvalue weighted by molar-refractivity contribution is 14.1. The minimum Gasteiger partial charge on any atom is -0.485 e. The van der Waals surface area contributed by atoms with Crippen molar-refractivity contribution in [2.24, 2.45) is 11.3 Å². The lowest BCUT2D eigenvalue weighted by Crippen LogP contribution is -2.39. The van der Waals surface area contributed by atoms with Crippen LogP contribution in [-0.4, -0.2) is 38.0 Å². The zero-order valence-electron chi connectivity index (χ0n) is 13.2. The Morgan fingerprint density at radius 2 is 2.36 bits per heavy atom. The van der Waals surface area contributed by atoms with E-state index >= 15 is 0 Å². The number of hydrogen-bond donors (Lipinski definition) is 1. The number of pyridine rings is 1. The molecule has 1 aliphatic heterocycles. The number of amides is 1. The summed E-state index contributed by atoms with van der Waals surface area (Å²) in [6.45, 7) is 1.62. The Balaban J connectivity index is 1.69. The smallest absolute Gasteiger partial charge is 0.329 e. The van der Waals surface area contributed by atoms with Crippen LogP contribution in [0.25, 0.3) is 0 Å². The van der Waals surface area contributed by atoms with E-state index in [2.05, 4.69) is 4.98 Å². The number of aryl methyl sites for hydroxylation is 1. The molecule has 5 nitrogen and oxygen atoms in total.